The average molecular weight is 458 g/mol. The number of sulfonamides is 1. The first-order chi connectivity index (χ1) is 15.2. The Balaban J connectivity index is 1.52. The molecule has 0 saturated heterocycles. The number of rotatable bonds is 9. The summed E-state index contributed by atoms with van der Waals surface area (Å²) < 4.78 is 37.5. The van der Waals surface area contributed by atoms with Crippen molar-refractivity contribution in [2.24, 2.45) is 0 Å². The van der Waals surface area contributed by atoms with Gasteiger partial charge in [-0.25, -0.2) is 8.42 Å². The number of benzene rings is 2. The summed E-state index contributed by atoms with van der Waals surface area (Å²) in [5.41, 5.74) is 1.20. The maximum atomic E-state index is 12.3. The van der Waals surface area contributed by atoms with Crippen molar-refractivity contribution in [2.75, 3.05) is 21.1 Å². The number of ether oxygens (including phenoxy) is 1. The van der Waals surface area contributed by atoms with E-state index in [4.69, 9.17) is 9.15 Å². The van der Waals surface area contributed by atoms with Crippen LogP contribution in [0.4, 0.5) is 17.1 Å². The minimum absolute atomic E-state index is 0.00239. The summed E-state index contributed by atoms with van der Waals surface area (Å²) >= 11 is 0. The van der Waals surface area contributed by atoms with Crippen molar-refractivity contribution in [1.29, 1.82) is 0 Å². The van der Waals surface area contributed by atoms with Gasteiger partial charge in [0, 0.05) is 17.1 Å². The van der Waals surface area contributed by atoms with Gasteiger partial charge in [0.25, 0.3) is 5.91 Å². The van der Waals surface area contributed by atoms with Crippen LogP contribution in [0, 0.1) is 0 Å². The van der Waals surface area contributed by atoms with Crippen molar-refractivity contribution >= 4 is 38.9 Å². The zero-order valence-electron chi connectivity index (χ0n) is 17.5. The first kappa shape index (κ1) is 22.9. The quantitative estimate of drug-likeness (QED) is 0.450. The van der Waals surface area contributed by atoms with Gasteiger partial charge in [-0.05, 0) is 74.5 Å². The Kier molecular flexibility index (Phi) is 7.16. The van der Waals surface area contributed by atoms with Crippen LogP contribution < -0.4 is 20.1 Å². The molecular weight excluding hydrogens is 434 g/mol. The van der Waals surface area contributed by atoms with Crippen LogP contribution in [0.25, 0.3) is 0 Å². The number of carbonyl (C=O) groups excluding carboxylic acids is 2. The predicted octanol–water partition coefficient (Wildman–Crippen LogP) is 3.70. The molecule has 0 aliphatic rings. The van der Waals surface area contributed by atoms with E-state index in [1.807, 2.05) is 13.8 Å². The highest BCUT2D eigenvalue weighted by molar-refractivity contribution is 7.93. The molecule has 0 spiro atoms. The van der Waals surface area contributed by atoms with Crippen LogP contribution in [0.5, 0.6) is 5.75 Å². The Bertz CT molecular complexity index is 1160. The lowest BCUT2D eigenvalue weighted by Crippen LogP contribution is -2.27. The van der Waals surface area contributed by atoms with Gasteiger partial charge in [-0.1, -0.05) is 0 Å². The van der Waals surface area contributed by atoms with Crippen LogP contribution in [-0.4, -0.2) is 32.1 Å². The van der Waals surface area contributed by atoms with E-state index in [0.717, 1.165) is 0 Å². The van der Waals surface area contributed by atoms with Crippen LogP contribution in [0.1, 0.15) is 24.4 Å². The highest BCUT2D eigenvalue weighted by atomic mass is 32.2. The van der Waals surface area contributed by atoms with Gasteiger partial charge in [0.1, 0.15) is 11.5 Å². The number of carbonyl (C=O) groups is 2. The third-order valence-electron chi connectivity index (χ3n) is 3.99. The number of hydrogen-bond donors (Lipinski definition) is 3. The molecule has 0 aliphatic carbocycles. The summed E-state index contributed by atoms with van der Waals surface area (Å²) in [6.07, 6.45) is 1.40. The molecule has 3 N–H and O–H groups in total. The summed E-state index contributed by atoms with van der Waals surface area (Å²) in [5.74, 6) is -1.09. The van der Waals surface area contributed by atoms with Gasteiger partial charge in [0.2, 0.25) is 15.9 Å². The number of furan rings is 1. The Morgan fingerprint density at radius 2 is 1.50 bits per heavy atom. The molecule has 0 saturated carbocycles. The fourth-order valence-corrected chi connectivity index (χ4v) is 3.68. The molecule has 0 bridgehead atoms. The molecule has 3 aromatic rings. The molecular formula is C22H23N3O6S. The van der Waals surface area contributed by atoms with Crippen molar-refractivity contribution in [1.82, 2.24) is 0 Å². The number of amides is 2. The highest BCUT2D eigenvalue weighted by Gasteiger charge is 2.17. The second kappa shape index (κ2) is 10.0. The molecule has 1 aromatic heterocycles. The fraction of sp³-hybridized carbons (Fsp3) is 0.182. The summed E-state index contributed by atoms with van der Waals surface area (Å²) in [6, 6.07) is 15.8. The lowest BCUT2D eigenvalue weighted by molar-refractivity contribution is -0.113. The Labute approximate surface area is 185 Å². The average Bonchev–Trinajstić information content (AvgIpc) is 3.25. The first-order valence-corrected chi connectivity index (χ1v) is 11.4. The van der Waals surface area contributed by atoms with Crippen molar-refractivity contribution in [3.8, 4) is 5.75 Å². The van der Waals surface area contributed by atoms with Crippen molar-refractivity contribution in [2.45, 2.75) is 20.0 Å². The molecule has 3 rings (SSSR count). The van der Waals surface area contributed by atoms with Gasteiger partial charge >= 0.3 is 0 Å². The maximum absolute atomic E-state index is 12.3. The normalized spacial score (nSPS) is 11.1. The van der Waals surface area contributed by atoms with Crippen LogP contribution >= 0.6 is 0 Å². The van der Waals surface area contributed by atoms with E-state index < -0.39 is 27.6 Å². The zero-order chi connectivity index (χ0) is 23.1. The summed E-state index contributed by atoms with van der Waals surface area (Å²) in [4.78, 5) is 24.1. The van der Waals surface area contributed by atoms with Gasteiger partial charge in [-0.2, -0.15) is 0 Å². The molecule has 0 atom stereocenters. The highest BCUT2D eigenvalue weighted by Crippen LogP contribution is 2.18. The number of nitrogens with one attached hydrogen (secondary N) is 3. The molecule has 2 amide bonds. The van der Waals surface area contributed by atoms with E-state index >= 15 is 0 Å². The molecule has 0 aliphatic heterocycles. The number of hydrogen-bond acceptors (Lipinski definition) is 6. The largest absolute Gasteiger partial charge is 0.491 e. The standard InChI is InChI=1S/C22H23N3O6S/c1-15(2)31-19-11-9-18(10-12-19)25-32(28,29)14-21(26)23-16-5-7-17(8-6-16)24-22(27)20-4-3-13-30-20/h3-13,15,25H,14H2,1-2H3,(H,23,26)(H,24,27). The van der Waals surface area contributed by atoms with E-state index in [9.17, 15) is 18.0 Å². The zero-order valence-corrected chi connectivity index (χ0v) is 18.3. The van der Waals surface area contributed by atoms with E-state index in [-0.39, 0.29) is 11.9 Å². The van der Waals surface area contributed by atoms with Crippen LogP contribution in [0.2, 0.25) is 0 Å². The lowest BCUT2D eigenvalue weighted by atomic mass is 10.2. The Morgan fingerprint density at radius 3 is 2.06 bits per heavy atom. The van der Waals surface area contributed by atoms with Crippen molar-refractivity contribution in [3.05, 3.63) is 72.7 Å². The van der Waals surface area contributed by atoms with E-state index in [1.165, 1.54) is 12.3 Å². The summed E-state index contributed by atoms with van der Waals surface area (Å²) in [5, 5.41) is 5.16. The minimum atomic E-state index is -3.91. The van der Waals surface area contributed by atoms with Gasteiger partial charge in [-0.15, -0.1) is 0 Å². The topological polar surface area (TPSA) is 127 Å². The van der Waals surface area contributed by atoms with Crippen LogP contribution in [0.3, 0.4) is 0 Å². The van der Waals surface area contributed by atoms with Gasteiger partial charge in [-0.3, -0.25) is 14.3 Å². The van der Waals surface area contributed by atoms with Crippen molar-refractivity contribution in [3.63, 3.8) is 0 Å². The molecule has 9 nitrogen and oxygen atoms in total. The summed E-state index contributed by atoms with van der Waals surface area (Å²) in [6.45, 7) is 3.78. The Morgan fingerprint density at radius 1 is 0.906 bits per heavy atom. The smallest absolute Gasteiger partial charge is 0.291 e. The molecule has 32 heavy (non-hydrogen) atoms. The third-order valence-corrected chi connectivity index (χ3v) is 5.18. The minimum Gasteiger partial charge on any atom is -0.491 e. The van der Waals surface area contributed by atoms with Gasteiger partial charge in [0.05, 0.1) is 12.4 Å². The molecule has 168 valence electrons. The SMILES string of the molecule is CC(C)Oc1ccc(NS(=O)(=O)CC(=O)Nc2ccc(NC(=O)c3ccco3)cc2)cc1. The van der Waals surface area contributed by atoms with Gasteiger partial charge in [0.15, 0.2) is 5.76 Å². The van der Waals surface area contributed by atoms with E-state index in [2.05, 4.69) is 15.4 Å². The molecule has 0 unspecified atom stereocenters. The molecule has 10 heteroatoms. The predicted molar refractivity (Wildman–Crippen MR) is 121 cm³/mol. The second-order valence-electron chi connectivity index (χ2n) is 7.11. The van der Waals surface area contributed by atoms with Crippen LogP contribution in [0.15, 0.2) is 71.3 Å². The van der Waals surface area contributed by atoms with Crippen molar-refractivity contribution < 1.29 is 27.2 Å². The maximum Gasteiger partial charge on any atom is 0.291 e. The first-order valence-electron chi connectivity index (χ1n) is 9.72. The molecule has 1 heterocycles. The number of anilines is 3. The third kappa shape index (κ3) is 6.88. The van der Waals surface area contributed by atoms with E-state index in [0.29, 0.717) is 22.8 Å². The molecule has 0 fully saturated rings. The van der Waals surface area contributed by atoms with E-state index in [1.54, 1.807) is 54.6 Å². The molecule has 2 aromatic carbocycles. The lowest BCUT2D eigenvalue weighted by Gasteiger charge is -2.12. The monoisotopic (exact) mass is 457 g/mol. The summed E-state index contributed by atoms with van der Waals surface area (Å²) in [7, 11) is -3.91. The second-order valence-corrected chi connectivity index (χ2v) is 8.83. The Hall–Kier alpha value is -3.79. The molecule has 0 radical (unpaired) electrons. The van der Waals surface area contributed by atoms with Crippen LogP contribution in [-0.2, 0) is 14.8 Å². The van der Waals surface area contributed by atoms with Gasteiger partial charge < -0.3 is 19.8 Å². The fourth-order valence-electron chi connectivity index (χ4n) is 2.70.